The third kappa shape index (κ3) is 2.19. The monoisotopic (exact) mass is 169 g/mol. The van der Waals surface area contributed by atoms with Crippen LogP contribution in [0.15, 0.2) is 60.7 Å². The highest BCUT2D eigenvalue weighted by molar-refractivity contribution is 5.25. The normalized spacial score (nSPS) is 11.3. The summed E-state index contributed by atoms with van der Waals surface area (Å²) >= 11 is 0. The number of rotatable bonds is 2. The Balaban J connectivity index is 2.30. The molecule has 0 aliphatic carbocycles. The lowest BCUT2D eigenvalue weighted by Crippen LogP contribution is -1.85. The highest BCUT2D eigenvalue weighted by atomic mass is 14.0. The van der Waals surface area contributed by atoms with Gasteiger partial charge in [-0.2, -0.15) is 0 Å². The molecular weight excluding hydrogens is 156 g/mol. The van der Waals surface area contributed by atoms with Gasteiger partial charge >= 0.3 is 0 Å². The second-order valence-electron chi connectivity index (χ2n) is 2.97. The van der Waals surface area contributed by atoms with E-state index in [4.69, 9.17) is 1.37 Å². The van der Waals surface area contributed by atoms with E-state index in [9.17, 15) is 0 Å². The van der Waals surface area contributed by atoms with E-state index < -0.39 is 0 Å². The molecule has 13 heavy (non-hydrogen) atoms. The number of hydrogen-bond acceptors (Lipinski definition) is 0. The minimum absolute atomic E-state index is 0.266. The fourth-order valence-corrected chi connectivity index (χ4v) is 1.29. The van der Waals surface area contributed by atoms with Gasteiger partial charge in [0.2, 0.25) is 0 Å². The molecule has 0 nitrogen and oxygen atoms in total. The van der Waals surface area contributed by atoms with E-state index >= 15 is 0 Å². The predicted molar refractivity (Wildman–Crippen MR) is 55.7 cm³/mol. The highest BCUT2D eigenvalue weighted by Gasteiger charge is 1.92. The SMILES string of the molecule is [2H]C(c1ccccc1)c1ccccc1. The van der Waals surface area contributed by atoms with Crippen molar-refractivity contribution in [3.05, 3.63) is 71.8 Å². The third-order valence-corrected chi connectivity index (χ3v) is 1.93. The maximum Gasteiger partial charge on any atom is 0.0366 e. The largest absolute Gasteiger partial charge is 0.0622 e. The van der Waals surface area contributed by atoms with Crippen LogP contribution in [0.5, 0.6) is 0 Å². The van der Waals surface area contributed by atoms with Gasteiger partial charge in [0.1, 0.15) is 0 Å². The van der Waals surface area contributed by atoms with E-state index in [1.165, 1.54) is 0 Å². The summed E-state index contributed by atoms with van der Waals surface area (Å²) in [7, 11) is 0. The number of hydrogen-bond donors (Lipinski definition) is 0. The van der Waals surface area contributed by atoms with Crippen molar-refractivity contribution in [3.8, 4) is 0 Å². The van der Waals surface area contributed by atoms with Crippen LogP contribution in [0, 0.1) is 0 Å². The van der Waals surface area contributed by atoms with Gasteiger partial charge in [0.05, 0.1) is 0 Å². The van der Waals surface area contributed by atoms with Crippen LogP contribution in [-0.2, 0) is 6.40 Å². The Morgan fingerprint density at radius 2 is 1.08 bits per heavy atom. The van der Waals surface area contributed by atoms with Gasteiger partial charge in [-0.15, -0.1) is 0 Å². The first-order valence-corrected chi connectivity index (χ1v) is 4.40. The van der Waals surface area contributed by atoms with Crippen LogP contribution < -0.4 is 0 Å². The topological polar surface area (TPSA) is 0 Å². The van der Waals surface area contributed by atoms with Crippen LogP contribution >= 0.6 is 0 Å². The Kier molecular flexibility index (Phi) is 2.07. The van der Waals surface area contributed by atoms with E-state index in [1.54, 1.807) is 0 Å². The van der Waals surface area contributed by atoms with Gasteiger partial charge in [-0.25, -0.2) is 0 Å². The Bertz CT molecular complexity index is 341. The summed E-state index contributed by atoms with van der Waals surface area (Å²) in [6.45, 7) is 0. The second kappa shape index (κ2) is 3.90. The molecule has 0 aliphatic rings. The van der Waals surface area contributed by atoms with Gasteiger partial charge in [-0.1, -0.05) is 60.7 Å². The Hall–Kier alpha value is -1.56. The van der Waals surface area contributed by atoms with E-state index in [0.717, 1.165) is 11.1 Å². The molecule has 0 bridgehead atoms. The van der Waals surface area contributed by atoms with Crippen molar-refractivity contribution in [2.45, 2.75) is 6.40 Å². The van der Waals surface area contributed by atoms with Crippen molar-refractivity contribution in [1.82, 2.24) is 0 Å². The molecule has 2 rings (SSSR count). The lowest BCUT2D eigenvalue weighted by atomic mass is 10.1. The van der Waals surface area contributed by atoms with Crippen LogP contribution in [0.25, 0.3) is 0 Å². The molecule has 0 unspecified atom stereocenters. The predicted octanol–water partition coefficient (Wildman–Crippen LogP) is 3.28. The van der Waals surface area contributed by atoms with E-state index in [2.05, 4.69) is 0 Å². The zero-order valence-electron chi connectivity index (χ0n) is 8.35. The molecule has 64 valence electrons. The average molecular weight is 169 g/mol. The molecule has 0 saturated carbocycles. The van der Waals surface area contributed by atoms with Gasteiger partial charge in [-0.3, -0.25) is 0 Å². The maximum atomic E-state index is 8.05. The van der Waals surface area contributed by atoms with Crippen molar-refractivity contribution in [2.24, 2.45) is 0 Å². The third-order valence-electron chi connectivity index (χ3n) is 1.93. The molecule has 0 radical (unpaired) electrons. The first-order valence-electron chi connectivity index (χ1n) is 4.98. The van der Waals surface area contributed by atoms with Crippen LogP contribution in [0.4, 0.5) is 0 Å². The lowest BCUT2D eigenvalue weighted by Gasteiger charge is -2.00. The molecule has 0 aromatic heterocycles. The average Bonchev–Trinajstić information content (AvgIpc) is 2.30. The first-order chi connectivity index (χ1) is 6.88. The fraction of sp³-hybridized carbons (Fsp3) is 0.0769. The molecule has 0 fully saturated rings. The minimum Gasteiger partial charge on any atom is -0.0622 e. The summed E-state index contributed by atoms with van der Waals surface area (Å²) in [6, 6.07) is 19.8. The quantitative estimate of drug-likeness (QED) is 0.647. The van der Waals surface area contributed by atoms with Crippen molar-refractivity contribution < 1.29 is 1.37 Å². The Morgan fingerprint density at radius 3 is 1.46 bits per heavy atom. The standard InChI is InChI=1S/C13H12/c1-3-7-12(8-4-1)11-13-9-5-2-6-10-13/h1-10H,11H2/i11D. The molecular formula is C13H12. The molecule has 0 heterocycles. The van der Waals surface area contributed by atoms with E-state index in [1.807, 2.05) is 60.7 Å². The Labute approximate surface area is 80.3 Å². The van der Waals surface area contributed by atoms with E-state index in [0.29, 0.717) is 0 Å². The molecule has 0 atom stereocenters. The minimum atomic E-state index is -0.266. The van der Waals surface area contributed by atoms with Gasteiger partial charge in [0.15, 0.2) is 0 Å². The van der Waals surface area contributed by atoms with Crippen LogP contribution in [0.3, 0.4) is 0 Å². The fourth-order valence-electron chi connectivity index (χ4n) is 1.29. The van der Waals surface area contributed by atoms with Gasteiger partial charge in [-0.05, 0) is 17.5 Å². The zero-order chi connectivity index (χ0) is 9.80. The smallest absolute Gasteiger partial charge is 0.0366 e. The van der Waals surface area contributed by atoms with Gasteiger partial charge in [0.25, 0.3) is 0 Å². The molecule has 0 aliphatic heterocycles. The molecule has 0 amide bonds. The van der Waals surface area contributed by atoms with Crippen molar-refractivity contribution in [2.75, 3.05) is 0 Å². The van der Waals surface area contributed by atoms with Gasteiger partial charge < -0.3 is 0 Å². The molecule has 0 saturated heterocycles. The summed E-state index contributed by atoms with van der Waals surface area (Å²) in [4.78, 5) is 0. The van der Waals surface area contributed by atoms with Gasteiger partial charge in [0, 0.05) is 1.37 Å². The molecule has 0 spiro atoms. The summed E-state index contributed by atoms with van der Waals surface area (Å²) in [5.41, 5.74) is 2.08. The summed E-state index contributed by atoms with van der Waals surface area (Å²) < 4.78 is 8.05. The molecule has 2 aromatic rings. The summed E-state index contributed by atoms with van der Waals surface area (Å²) in [6.07, 6.45) is -0.266. The van der Waals surface area contributed by atoms with Crippen molar-refractivity contribution >= 4 is 0 Å². The van der Waals surface area contributed by atoms with Crippen molar-refractivity contribution in [3.63, 3.8) is 0 Å². The summed E-state index contributed by atoms with van der Waals surface area (Å²) in [5.74, 6) is 0. The van der Waals surface area contributed by atoms with Crippen LogP contribution in [0.1, 0.15) is 12.5 Å². The van der Waals surface area contributed by atoms with Crippen molar-refractivity contribution in [1.29, 1.82) is 0 Å². The van der Waals surface area contributed by atoms with E-state index in [-0.39, 0.29) is 6.40 Å². The Morgan fingerprint density at radius 1 is 0.692 bits per heavy atom. The highest BCUT2D eigenvalue weighted by Crippen LogP contribution is 2.07. The first kappa shape index (κ1) is 6.90. The summed E-state index contributed by atoms with van der Waals surface area (Å²) in [5, 5.41) is 0. The van der Waals surface area contributed by atoms with Crippen LogP contribution in [-0.4, -0.2) is 0 Å². The molecule has 0 heteroatoms. The second-order valence-corrected chi connectivity index (χ2v) is 2.97. The lowest BCUT2D eigenvalue weighted by molar-refractivity contribution is 1.19. The zero-order valence-corrected chi connectivity index (χ0v) is 7.35. The molecule has 2 aromatic carbocycles. The molecule has 0 N–H and O–H groups in total. The maximum absolute atomic E-state index is 8.05. The van der Waals surface area contributed by atoms with Crippen LogP contribution in [0.2, 0.25) is 0 Å². The number of benzene rings is 2.